The van der Waals surface area contributed by atoms with Crippen LogP contribution < -0.4 is 10.1 Å². The minimum Gasteiger partial charge on any atom is -0.497 e. The number of thiophene rings is 1. The Balaban J connectivity index is 1.69. The zero-order valence-electron chi connectivity index (χ0n) is 16.5. The van der Waals surface area contributed by atoms with E-state index in [-0.39, 0.29) is 11.7 Å². The highest BCUT2D eigenvalue weighted by Crippen LogP contribution is 2.31. The fraction of sp³-hybridized carbons (Fsp3) is 0.350. The molecule has 0 aliphatic heterocycles. The third-order valence-corrected chi connectivity index (χ3v) is 6.38. The van der Waals surface area contributed by atoms with Crippen molar-refractivity contribution in [3.05, 3.63) is 40.1 Å². The number of ether oxygens (including phenoxy) is 1. The van der Waals surface area contributed by atoms with Crippen LogP contribution in [-0.2, 0) is 11.3 Å². The average Bonchev–Trinajstić information content (AvgIpc) is 3.24. The van der Waals surface area contributed by atoms with Crippen LogP contribution in [0.1, 0.15) is 23.8 Å². The van der Waals surface area contributed by atoms with Gasteiger partial charge >= 0.3 is 0 Å². The number of carbonyl (C=O) groups excluding carboxylic acids is 1. The van der Waals surface area contributed by atoms with E-state index in [2.05, 4.69) is 46.2 Å². The predicted octanol–water partition coefficient (Wildman–Crippen LogP) is 4.77. The lowest BCUT2D eigenvalue weighted by Crippen LogP contribution is -2.14. The number of hydrogen-bond donors (Lipinski definition) is 1. The maximum absolute atomic E-state index is 12.3. The second-order valence-corrected chi connectivity index (χ2v) is 8.38. The van der Waals surface area contributed by atoms with Gasteiger partial charge in [0.2, 0.25) is 5.91 Å². The Morgan fingerprint density at radius 1 is 1.25 bits per heavy atom. The van der Waals surface area contributed by atoms with Gasteiger partial charge in [0.15, 0.2) is 11.0 Å². The van der Waals surface area contributed by atoms with E-state index < -0.39 is 0 Å². The van der Waals surface area contributed by atoms with Crippen LogP contribution in [0.25, 0.3) is 11.4 Å². The maximum Gasteiger partial charge on any atom is 0.234 e. The fourth-order valence-corrected chi connectivity index (χ4v) is 4.38. The quantitative estimate of drug-likeness (QED) is 0.536. The van der Waals surface area contributed by atoms with E-state index in [1.165, 1.54) is 22.2 Å². The van der Waals surface area contributed by atoms with Crippen LogP contribution in [0, 0.1) is 13.8 Å². The van der Waals surface area contributed by atoms with E-state index in [1.54, 1.807) is 18.4 Å². The molecule has 0 unspecified atom stereocenters. The van der Waals surface area contributed by atoms with Crippen LogP contribution in [0.2, 0.25) is 0 Å². The first-order chi connectivity index (χ1) is 13.5. The van der Waals surface area contributed by atoms with E-state index in [9.17, 15) is 4.79 Å². The van der Waals surface area contributed by atoms with Crippen LogP contribution in [0.5, 0.6) is 5.75 Å². The largest absolute Gasteiger partial charge is 0.497 e. The predicted molar refractivity (Wildman–Crippen MR) is 115 cm³/mol. The number of nitrogens with one attached hydrogen (secondary N) is 1. The highest BCUT2D eigenvalue weighted by atomic mass is 32.2. The zero-order valence-corrected chi connectivity index (χ0v) is 18.1. The van der Waals surface area contributed by atoms with Gasteiger partial charge in [-0.2, -0.15) is 0 Å². The van der Waals surface area contributed by atoms with Crippen molar-refractivity contribution in [2.45, 2.75) is 38.9 Å². The lowest BCUT2D eigenvalue weighted by molar-refractivity contribution is -0.113. The average molecular weight is 417 g/mol. The molecule has 0 atom stereocenters. The summed E-state index contributed by atoms with van der Waals surface area (Å²) >= 11 is 3.13. The molecule has 1 aromatic carbocycles. The van der Waals surface area contributed by atoms with E-state index in [0.717, 1.165) is 40.9 Å². The molecule has 148 valence electrons. The number of methoxy groups -OCH3 is 1. The third kappa shape index (κ3) is 4.56. The van der Waals surface area contributed by atoms with Gasteiger partial charge in [0.05, 0.1) is 12.9 Å². The van der Waals surface area contributed by atoms with Gasteiger partial charge in [-0.15, -0.1) is 21.5 Å². The molecule has 1 N–H and O–H groups in total. The first-order valence-corrected chi connectivity index (χ1v) is 10.9. The number of nitrogens with zero attached hydrogens (tertiary/aromatic N) is 3. The first kappa shape index (κ1) is 20.4. The summed E-state index contributed by atoms with van der Waals surface area (Å²) < 4.78 is 7.24. The van der Waals surface area contributed by atoms with Gasteiger partial charge in [0.25, 0.3) is 0 Å². The Bertz CT molecular complexity index is 948. The fourth-order valence-electron chi connectivity index (χ4n) is 2.76. The molecule has 0 fully saturated rings. The smallest absolute Gasteiger partial charge is 0.234 e. The Hall–Kier alpha value is -2.32. The van der Waals surface area contributed by atoms with Gasteiger partial charge in [-0.25, -0.2) is 0 Å². The topological polar surface area (TPSA) is 69.0 Å². The summed E-state index contributed by atoms with van der Waals surface area (Å²) in [7, 11) is 1.61. The van der Waals surface area contributed by atoms with Crippen LogP contribution in [0.15, 0.2) is 34.8 Å². The highest BCUT2D eigenvalue weighted by Gasteiger charge is 2.18. The molecular formula is C20H24N4O2S2. The second kappa shape index (κ2) is 9.25. The van der Waals surface area contributed by atoms with Crippen LogP contribution >= 0.6 is 23.1 Å². The molecule has 28 heavy (non-hydrogen) atoms. The molecule has 1 amide bonds. The van der Waals surface area contributed by atoms with Gasteiger partial charge in [-0.05, 0) is 50.1 Å². The number of amides is 1. The van der Waals surface area contributed by atoms with Gasteiger partial charge in [0.1, 0.15) is 5.75 Å². The summed E-state index contributed by atoms with van der Waals surface area (Å²) in [5.74, 6) is 1.83. The molecular weight excluding hydrogens is 392 g/mol. The Kier molecular flexibility index (Phi) is 6.74. The van der Waals surface area contributed by atoms with Crippen LogP contribution in [-0.4, -0.2) is 33.5 Å². The lowest BCUT2D eigenvalue weighted by atomic mass is 10.1. The minimum atomic E-state index is -0.0784. The number of aromatic nitrogens is 3. The van der Waals surface area contributed by atoms with Crippen molar-refractivity contribution in [2.75, 3.05) is 18.2 Å². The molecule has 3 rings (SSSR count). The number of thioether (sulfide) groups is 1. The number of hydrogen-bond acceptors (Lipinski definition) is 6. The molecule has 0 bridgehead atoms. The summed E-state index contributed by atoms with van der Waals surface area (Å²) in [6.07, 6.45) is 0.971. The van der Waals surface area contributed by atoms with E-state index in [1.807, 2.05) is 24.3 Å². The molecule has 0 saturated carbocycles. The molecule has 8 heteroatoms. The SMILES string of the molecule is CCCn1c(SCC(=O)Nc2ccc(OC)cc2)nnc1-c1csc(C)c1C. The third-order valence-electron chi connectivity index (χ3n) is 4.40. The van der Waals surface area contributed by atoms with Crippen LogP contribution in [0.3, 0.4) is 0 Å². The monoisotopic (exact) mass is 416 g/mol. The van der Waals surface area contributed by atoms with Crippen molar-refractivity contribution in [1.82, 2.24) is 14.8 Å². The van der Waals surface area contributed by atoms with Crippen molar-refractivity contribution in [2.24, 2.45) is 0 Å². The summed E-state index contributed by atoms with van der Waals surface area (Å²) in [6, 6.07) is 7.28. The number of carbonyl (C=O) groups is 1. The van der Waals surface area contributed by atoms with Gasteiger partial charge in [0, 0.05) is 28.1 Å². The van der Waals surface area contributed by atoms with Crippen molar-refractivity contribution in [3.63, 3.8) is 0 Å². The Morgan fingerprint density at radius 2 is 2.00 bits per heavy atom. The van der Waals surface area contributed by atoms with E-state index in [0.29, 0.717) is 0 Å². The number of anilines is 1. The molecule has 3 aromatic rings. The summed E-state index contributed by atoms with van der Waals surface area (Å²) in [5, 5.41) is 14.6. The molecule has 2 heterocycles. The molecule has 0 radical (unpaired) electrons. The number of rotatable bonds is 8. The Morgan fingerprint density at radius 3 is 2.61 bits per heavy atom. The molecule has 0 saturated heterocycles. The summed E-state index contributed by atoms with van der Waals surface area (Å²) in [5.41, 5.74) is 3.10. The van der Waals surface area contributed by atoms with Crippen molar-refractivity contribution >= 4 is 34.7 Å². The number of aryl methyl sites for hydroxylation is 1. The minimum absolute atomic E-state index is 0.0784. The first-order valence-electron chi connectivity index (χ1n) is 9.08. The zero-order chi connectivity index (χ0) is 20.1. The number of benzene rings is 1. The molecule has 0 aliphatic rings. The molecule has 6 nitrogen and oxygen atoms in total. The van der Waals surface area contributed by atoms with E-state index in [4.69, 9.17) is 4.74 Å². The molecule has 0 spiro atoms. The van der Waals surface area contributed by atoms with Crippen molar-refractivity contribution < 1.29 is 9.53 Å². The summed E-state index contributed by atoms with van der Waals surface area (Å²) in [4.78, 5) is 13.6. The normalized spacial score (nSPS) is 10.9. The van der Waals surface area contributed by atoms with Crippen molar-refractivity contribution in [1.29, 1.82) is 0 Å². The second-order valence-electron chi connectivity index (χ2n) is 6.35. The maximum atomic E-state index is 12.3. The lowest BCUT2D eigenvalue weighted by Gasteiger charge is -2.09. The van der Waals surface area contributed by atoms with Gasteiger partial charge in [-0.1, -0.05) is 18.7 Å². The van der Waals surface area contributed by atoms with Crippen LogP contribution in [0.4, 0.5) is 5.69 Å². The molecule has 2 aromatic heterocycles. The van der Waals surface area contributed by atoms with E-state index >= 15 is 0 Å². The van der Waals surface area contributed by atoms with Gasteiger partial charge in [-0.3, -0.25) is 4.79 Å². The standard InChI is InChI=1S/C20H24N4O2S2/c1-5-10-24-19(17-11-27-14(3)13(17)2)22-23-20(24)28-12-18(25)21-15-6-8-16(26-4)9-7-15/h6-9,11H,5,10,12H2,1-4H3,(H,21,25). The van der Waals surface area contributed by atoms with Gasteiger partial charge < -0.3 is 14.6 Å². The molecule has 0 aliphatic carbocycles. The summed E-state index contributed by atoms with van der Waals surface area (Å²) in [6.45, 7) is 7.17. The van der Waals surface area contributed by atoms with Crippen molar-refractivity contribution in [3.8, 4) is 17.1 Å². The highest BCUT2D eigenvalue weighted by molar-refractivity contribution is 7.99. The Labute approximate surface area is 173 Å².